The highest BCUT2D eigenvalue weighted by Gasteiger charge is 2.23. The van der Waals surface area contributed by atoms with Crippen LogP contribution in [0.2, 0.25) is 0 Å². The van der Waals surface area contributed by atoms with Crippen molar-refractivity contribution in [3.8, 4) is 5.75 Å². The van der Waals surface area contributed by atoms with Crippen LogP contribution < -0.4 is 10.1 Å². The average Bonchev–Trinajstić information content (AvgIpc) is 3.17. The van der Waals surface area contributed by atoms with E-state index in [1.54, 1.807) is 6.20 Å². The van der Waals surface area contributed by atoms with E-state index < -0.39 is 0 Å². The maximum atomic E-state index is 13.3. The third-order valence-corrected chi connectivity index (χ3v) is 4.92. The Bertz CT molecular complexity index is 1140. The largest absolute Gasteiger partial charge is 0.493 e. The van der Waals surface area contributed by atoms with Gasteiger partial charge in [-0.1, -0.05) is 54.6 Å². The summed E-state index contributed by atoms with van der Waals surface area (Å²) in [4.78, 5) is 17.8. The molecule has 1 amide bonds. The van der Waals surface area contributed by atoms with Crippen LogP contribution in [-0.2, 0) is 7.05 Å². The number of nitrogens with one attached hydrogen (secondary N) is 1. The lowest BCUT2D eigenvalue weighted by Gasteiger charge is -2.20. The Hall–Kier alpha value is -3.60. The number of aromatic nitrogens is 2. The van der Waals surface area contributed by atoms with Gasteiger partial charge >= 0.3 is 0 Å². The predicted octanol–water partition coefficient (Wildman–Crippen LogP) is 4.49. The lowest BCUT2D eigenvalue weighted by atomic mass is 10.0. The second-order valence-electron chi connectivity index (χ2n) is 6.84. The summed E-state index contributed by atoms with van der Waals surface area (Å²) in [7, 11) is 1.92. The van der Waals surface area contributed by atoms with Crippen LogP contribution in [0.5, 0.6) is 5.75 Å². The van der Waals surface area contributed by atoms with E-state index >= 15 is 0 Å². The first-order chi connectivity index (χ1) is 14.2. The molecule has 4 rings (SSSR count). The predicted molar refractivity (Wildman–Crippen MR) is 114 cm³/mol. The Kier molecular flexibility index (Phi) is 5.29. The van der Waals surface area contributed by atoms with Gasteiger partial charge in [-0.15, -0.1) is 0 Å². The molecule has 1 unspecified atom stereocenters. The summed E-state index contributed by atoms with van der Waals surface area (Å²) in [6.45, 7) is 2.40. The molecule has 1 atom stereocenters. The van der Waals surface area contributed by atoms with Crippen molar-refractivity contribution in [2.24, 2.45) is 7.05 Å². The minimum Gasteiger partial charge on any atom is -0.493 e. The molecule has 5 nitrogen and oxygen atoms in total. The van der Waals surface area contributed by atoms with Crippen molar-refractivity contribution >= 4 is 16.7 Å². The topological polar surface area (TPSA) is 56.1 Å². The van der Waals surface area contributed by atoms with Crippen LogP contribution in [0.15, 0.2) is 79.1 Å². The van der Waals surface area contributed by atoms with E-state index in [9.17, 15) is 4.79 Å². The van der Waals surface area contributed by atoms with E-state index in [1.165, 1.54) is 0 Å². The third kappa shape index (κ3) is 3.85. The van der Waals surface area contributed by atoms with Crippen LogP contribution in [0.3, 0.4) is 0 Å². The second-order valence-corrected chi connectivity index (χ2v) is 6.84. The molecule has 0 bridgehead atoms. The molecule has 0 spiro atoms. The van der Waals surface area contributed by atoms with Gasteiger partial charge in [0.05, 0.1) is 12.2 Å². The maximum absolute atomic E-state index is 13.3. The molecule has 4 aromatic rings. The number of amides is 1. The molecule has 0 aliphatic rings. The van der Waals surface area contributed by atoms with E-state index in [1.807, 2.05) is 91.5 Å². The number of ether oxygens (including phenoxy) is 1. The molecular formula is C24H23N3O2. The van der Waals surface area contributed by atoms with E-state index in [-0.39, 0.29) is 11.9 Å². The van der Waals surface area contributed by atoms with Gasteiger partial charge in [-0.2, -0.15) is 0 Å². The molecule has 1 heterocycles. The lowest BCUT2D eigenvalue weighted by molar-refractivity contribution is 0.0937. The Morgan fingerprint density at radius 2 is 1.76 bits per heavy atom. The molecule has 5 heteroatoms. The zero-order valence-corrected chi connectivity index (χ0v) is 16.5. The number of nitrogens with zero attached hydrogens (tertiary/aromatic N) is 2. The minimum absolute atomic E-state index is 0.198. The fourth-order valence-corrected chi connectivity index (χ4v) is 3.48. The van der Waals surface area contributed by atoms with Crippen LogP contribution in [0.4, 0.5) is 0 Å². The van der Waals surface area contributed by atoms with Gasteiger partial charge in [0.1, 0.15) is 17.6 Å². The summed E-state index contributed by atoms with van der Waals surface area (Å²) in [5.74, 6) is 1.15. The summed E-state index contributed by atoms with van der Waals surface area (Å²) in [6.07, 6.45) is 3.61. The number of imidazole rings is 1. The smallest absolute Gasteiger partial charge is 0.255 e. The molecule has 29 heavy (non-hydrogen) atoms. The number of hydrogen-bond donors (Lipinski definition) is 1. The number of fused-ring (bicyclic) bond motifs is 1. The Labute approximate surface area is 170 Å². The van der Waals surface area contributed by atoms with Gasteiger partial charge in [0.25, 0.3) is 5.91 Å². The van der Waals surface area contributed by atoms with Gasteiger partial charge in [-0.05, 0) is 35.4 Å². The zero-order chi connectivity index (χ0) is 20.2. The van der Waals surface area contributed by atoms with Crippen molar-refractivity contribution in [2.75, 3.05) is 6.61 Å². The Morgan fingerprint density at radius 1 is 1.07 bits per heavy atom. The summed E-state index contributed by atoms with van der Waals surface area (Å²) in [5, 5.41) is 5.19. The quantitative estimate of drug-likeness (QED) is 0.532. The van der Waals surface area contributed by atoms with E-state index in [2.05, 4.69) is 10.3 Å². The maximum Gasteiger partial charge on any atom is 0.255 e. The Morgan fingerprint density at radius 3 is 2.41 bits per heavy atom. The molecule has 0 saturated heterocycles. The van der Waals surface area contributed by atoms with E-state index in [0.717, 1.165) is 22.2 Å². The van der Waals surface area contributed by atoms with Crippen molar-refractivity contribution in [1.82, 2.24) is 14.9 Å². The van der Waals surface area contributed by atoms with Crippen molar-refractivity contribution in [1.29, 1.82) is 0 Å². The highest BCUT2D eigenvalue weighted by Crippen LogP contribution is 2.28. The van der Waals surface area contributed by atoms with Crippen molar-refractivity contribution < 1.29 is 9.53 Å². The molecular weight excluding hydrogens is 362 g/mol. The monoisotopic (exact) mass is 385 g/mol. The van der Waals surface area contributed by atoms with Crippen molar-refractivity contribution in [3.05, 3.63) is 96.1 Å². The first-order valence-electron chi connectivity index (χ1n) is 9.66. The summed E-state index contributed by atoms with van der Waals surface area (Å²) in [6, 6.07) is 21.2. The molecule has 0 radical (unpaired) electrons. The molecule has 146 valence electrons. The fourth-order valence-electron chi connectivity index (χ4n) is 3.48. The van der Waals surface area contributed by atoms with Crippen molar-refractivity contribution in [3.63, 3.8) is 0 Å². The molecule has 1 aromatic heterocycles. The third-order valence-electron chi connectivity index (χ3n) is 4.92. The number of carbonyl (C=O) groups excluding carboxylic acids is 1. The van der Waals surface area contributed by atoms with Crippen LogP contribution in [0.1, 0.15) is 34.7 Å². The number of carbonyl (C=O) groups is 1. The summed E-state index contributed by atoms with van der Waals surface area (Å²) >= 11 is 0. The summed E-state index contributed by atoms with van der Waals surface area (Å²) < 4.78 is 7.70. The van der Waals surface area contributed by atoms with Crippen molar-refractivity contribution in [2.45, 2.75) is 13.0 Å². The number of rotatable bonds is 6. The van der Waals surface area contributed by atoms with Gasteiger partial charge in [-0.3, -0.25) is 4.79 Å². The summed E-state index contributed by atoms with van der Waals surface area (Å²) in [5.41, 5.74) is 1.48. The van der Waals surface area contributed by atoms with Crippen LogP contribution in [-0.4, -0.2) is 22.1 Å². The molecule has 1 N–H and O–H groups in total. The number of aryl methyl sites for hydroxylation is 1. The van der Waals surface area contributed by atoms with E-state index in [4.69, 9.17) is 4.74 Å². The zero-order valence-electron chi connectivity index (χ0n) is 16.5. The van der Waals surface area contributed by atoms with Gasteiger partial charge in [-0.25, -0.2) is 4.98 Å². The van der Waals surface area contributed by atoms with E-state index in [0.29, 0.717) is 17.9 Å². The second kappa shape index (κ2) is 8.19. The van der Waals surface area contributed by atoms with Gasteiger partial charge in [0.15, 0.2) is 0 Å². The number of benzene rings is 3. The first kappa shape index (κ1) is 18.7. The van der Waals surface area contributed by atoms with Gasteiger partial charge in [0, 0.05) is 19.4 Å². The molecule has 0 saturated carbocycles. The molecule has 0 aliphatic carbocycles. The van der Waals surface area contributed by atoms with Crippen LogP contribution >= 0.6 is 0 Å². The standard InChI is InChI=1S/C24H23N3O2/c1-3-29-21-16-19-12-8-7-11-18(19)15-20(21)24(28)26-22(17-9-5-4-6-10-17)23-25-13-14-27(23)2/h4-16,22H,3H2,1-2H3,(H,26,28). The lowest BCUT2D eigenvalue weighted by Crippen LogP contribution is -2.31. The molecule has 0 aliphatic heterocycles. The van der Waals surface area contributed by atoms with Crippen LogP contribution in [0.25, 0.3) is 10.8 Å². The molecule has 0 fully saturated rings. The SMILES string of the molecule is CCOc1cc2ccccc2cc1C(=O)NC(c1ccccc1)c1nccn1C. The Balaban J connectivity index is 1.74. The fraction of sp³-hybridized carbons (Fsp3) is 0.167. The highest BCUT2D eigenvalue weighted by atomic mass is 16.5. The number of hydrogen-bond acceptors (Lipinski definition) is 3. The minimum atomic E-state index is -0.371. The molecule has 3 aromatic carbocycles. The normalized spacial score (nSPS) is 11.9. The first-order valence-corrected chi connectivity index (χ1v) is 9.66. The van der Waals surface area contributed by atoms with Gasteiger partial charge in [0.2, 0.25) is 0 Å². The van der Waals surface area contributed by atoms with Crippen LogP contribution in [0, 0.1) is 0 Å². The average molecular weight is 385 g/mol. The highest BCUT2D eigenvalue weighted by molar-refractivity contribution is 6.02. The van der Waals surface area contributed by atoms with Gasteiger partial charge < -0.3 is 14.6 Å².